The molecule has 0 saturated carbocycles. The van der Waals surface area contributed by atoms with Crippen molar-refractivity contribution in [2.75, 3.05) is 0 Å². The summed E-state index contributed by atoms with van der Waals surface area (Å²) < 4.78 is 16.1. The SMILES string of the molecule is [AlH2].[B]=O.[O]=[Zn]. The van der Waals surface area contributed by atoms with E-state index in [2.05, 4.69) is 7.72 Å². The first-order chi connectivity index (χ1) is 2.00. The van der Waals surface area contributed by atoms with E-state index in [4.69, 9.17) is 8.28 Å². The van der Waals surface area contributed by atoms with Gasteiger partial charge in [0.25, 0.3) is 0 Å². The summed E-state index contributed by atoms with van der Waals surface area (Å²) >= 11 is 0.125. The van der Waals surface area contributed by atoms with Crippen molar-refractivity contribution in [3.63, 3.8) is 0 Å². The van der Waals surface area contributed by atoms with Crippen LogP contribution in [0.1, 0.15) is 0 Å². The van der Waals surface area contributed by atoms with Gasteiger partial charge in [0.15, 0.2) is 0 Å². The van der Waals surface area contributed by atoms with Gasteiger partial charge in [-0.1, -0.05) is 0 Å². The Morgan fingerprint density at radius 1 is 1.20 bits per heavy atom. The summed E-state index contributed by atoms with van der Waals surface area (Å²) in [6, 6.07) is 0. The number of rotatable bonds is 0. The predicted molar refractivity (Wildman–Crippen MR) is 15.7 cm³/mol. The first-order valence-corrected chi connectivity index (χ1v) is 1.74. The monoisotopic (exact) mass is 136 g/mol. The quantitative estimate of drug-likeness (QED) is 0.379. The Kier molecular flexibility index (Phi) is 355. The molecule has 0 aromatic carbocycles. The maximum atomic E-state index is 8.38. The molecule has 2 nitrogen and oxygen atoms in total. The van der Waals surface area contributed by atoms with Gasteiger partial charge in [0, 0.05) is 0 Å². The summed E-state index contributed by atoms with van der Waals surface area (Å²) in [5.74, 6) is 0. The maximum absolute atomic E-state index is 8.38. The third-order valence-corrected chi connectivity index (χ3v) is 0. The Morgan fingerprint density at radius 3 is 1.20 bits per heavy atom. The minimum absolute atomic E-state index is 0. The molecule has 0 aliphatic rings. The van der Waals surface area contributed by atoms with Crippen molar-refractivity contribution in [3.05, 3.63) is 0 Å². The first kappa shape index (κ1) is 17.0. The van der Waals surface area contributed by atoms with E-state index in [1.54, 1.807) is 0 Å². The fourth-order valence-corrected chi connectivity index (χ4v) is 0. The van der Waals surface area contributed by atoms with Gasteiger partial charge in [0.2, 0.25) is 0 Å². The molecule has 0 bridgehead atoms. The van der Waals surface area contributed by atoms with Crippen LogP contribution in [0, 0.1) is 0 Å². The van der Waals surface area contributed by atoms with Gasteiger partial charge in [-0.3, -0.25) is 0 Å². The van der Waals surface area contributed by atoms with Crippen molar-refractivity contribution in [2.24, 2.45) is 0 Å². The van der Waals surface area contributed by atoms with Gasteiger partial charge >= 0.3 is 34.2 Å². The van der Waals surface area contributed by atoms with Crippen LogP contribution in [0.4, 0.5) is 0 Å². The molecule has 0 fully saturated rings. The molecular formula is H2AlBO2Zn. The van der Waals surface area contributed by atoms with Gasteiger partial charge in [-0.2, -0.15) is 0 Å². The molecule has 0 aromatic rings. The molecule has 5 heteroatoms. The zero-order valence-corrected chi connectivity index (χ0v) is 8.07. The Hall–Kier alpha value is 0.821. The summed E-state index contributed by atoms with van der Waals surface area (Å²) in [6.07, 6.45) is 0. The third kappa shape index (κ3) is 56.9. The summed E-state index contributed by atoms with van der Waals surface area (Å²) in [7, 11) is 3.25. The molecule has 0 N–H and O–H groups in total. The van der Waals surface area contributed by atoms with E-state index < -0.39 is 0 Å². The molecule has 0 aliphatic heterocycles. The van der Waals surface area contributed by atoms with Gasteiger partial charge in [0.05, 0.1) is 0 Å². The Morgan fingerprint density at radius 2 is 1.20 bits per heavy atom. The zero-order valence-electron chi connectivity index (χ0n) is 3.10. The molecule has 0 saturated heterocycles. The normalized spacial score (nSPS) is 1.80. The molecule has 0 aromatic heterocycles. The van der Waals surface area contributed by atoms with Crippen LogP contribution in [-0.2, 0) is 26.5 Å². The van der Waals surface area contributed by atoms with Gasteiger partial charge in [-0.25, -0.2) is 0 Å². The fourth-order valence-electron chi connectivity index (χ4n) is 0. The summed E-state index contributed by atoms with van der Waals surface area (Å²) in [5, 5.41) is 0. The molecule has 2 radical (unpaired) electrons. The molecule has 22 valence electrons. The van der Waals surface area contributed by atoms with Crippen molar-refractivity contribution in [1.82, 2.24) is 0 Å². The van der Waals surface area contributed by atoms with Gasteiger partial charge in [0.1, 0.15) is 17.4 Å². The Bertz CT molecular complexity index is 11.6. The average Bonchev–Trinajstić information content (AvgIpc) is 1.50. The molecule has 0 aliphatic carbocycles. The van der Waals surface area contributed by atoms with Crippen LogP contribution in [0.3, 0.4) is 0 Å². The fraction of sp³-hybridized carbons (Fsp3) is 0. The molecular weight excluding hydrogens is 135 g/mol. The van der Waals surface area contributed by atoms with Crippen LogP contribution in [0.5, 0.6) is 0 Å². The van der Waals surface area contributed by atoms with Crippen molar-refractivity contribution in [3.8, 4) is 0 Å². The molecule has 0 spiro atoms. The molecule has 5 heavy (non-hydrogen) atoms. The third-order valence-electron chi connectivity index (χ3n) is 0. The van der Waals surface area contributed by atoms with Crippen molar-refractivity contribution in [2.45, 2.75) is 0 Å². The van der Waals surface area contributed by atoms with Crippen LogP contribution < -0.4 is 0 Å². The van der Waals surface area contributed by atoms with E-state index in [0.717, 1.165) is 0 Å². The molecule has 0 unspecified atom stereocenters. The minimum atomic E-state index is 0. The molecule has 0 heterocycles. The Labute approximate surface area is 51.8 Å². The van der Waals surface area contributed by atoms with E-state index in [1.807, 2.05) is 0 Å². The zero-order chi connectivity index (χ0) is 4.00. The summed E-state index contributed by atoms with van der Waals surface area (Å²) in [6.45, 7) is 0. The second kappa shape index (κ2) is 104. The second-order valence-corrected chi connectivity index (χ2v) is 0. The summed E-state index contributed by atoms with van der Waals surface area (Å²) in [4.78, 5) is 0. The van der Waals surface area contributed by atoms with Crippen LogP contribution in [0.25, 0.3) is 0 Å². The van der Waals surface area contributed by atoms with E-state index >= 15 is 0 Å². The van der Waals surface area contributed by atoms with Crippen LogP contribution in [0.2, 0.25) is 0 Å². The topological polar surface area (TPSA) is 34.1 Å². The molecule has 0 amide bonds. The predicted octanol–water partition coefficient (Wildman–Crippen LogP) is -1.54. The second-order valence-electron chi connectivity index (χ2n) is 0. The van der Waals surface area contributed by atoms with E-state index in [1.165, 1.54) is 0 Å². The van der Waals surface area contributed by atoms with E-state index in [0.29, 0.717) is 0 Å². The van der Waals surface area contributed by atoms with Crippen molar-refractivity contribution in [1.29, 1.82) is 0 Å². The van der Waals surface area contributed by atoms with Crippen LogP contribution in [-0.4, -0.2) is 25.1 Å². The van der Waals surface area contributed by atoms with Crippen molar-refractivity contribution >= 4 is 25.1 Å². The Balaban J connectivity index is -0.0000000133. The van der Waals surface area contributed by atoms with Crippen molar-refractivity contribution < 1.29 is 26.5 Å². The van der Waals surface area contributed by atoms with Gasteiger partial charge in [-0.15, -0.1) is 0 Å². The van der Waals surface area contributed by atoms with E-state index in [-0.39, 0.29) is 35.6 Å². The molecule has 0 atom stereocenters. The van der Waals surface area contributed by atoms with Gasteiger partial charge < -0.3 is 0 Å². The summed E-state index contributed by atoms with van der Waals surface area (Å²) in [5.41, 5.74) is 0. The first-order valence-electron chi connectivity index (χ1n) is 0.524. The van der Waals surface area contributed by atoms with E-state index in [9.17, 15) is 0 Å². The van der Waals surface area contributed by atoms with Crippen LogP contribution >= 0.6 is 0 Å². The van der Waals surface area contributed by atoms with Gasteiger partial charge in [-0.05, 0) is 0 Å². The number of hydrogen-bond acceptors (Lipinski definition) is 2. The number of hydrogen-bond donors (Lipinski definition) is 0. The average molecular weight is 137 g/mol. The van der Waals surface area contributed by atoms with Crippen LogP contribution in [0.15, 0.2) is 0 Å². The standard InChI is InChI=1S/Al.BO.O.Zn.2H/c;1-2;;;;. The molecule has 0 rings (SSSR count).